The first-order valence-electron chi connectivity index (χ1n) is 8.51. The summed E-state index contributed by atoms with van der Waals surface area (Å²) in [4.78, 5) is 0. The van der Waals surface area contributed by atoms with Gasteiger partial charge in [-0.15, -0.1) is 0 Å². The summed E-state index contributed by atoms with van der Waals surface area (Å²) in [5.41, 5.74) is 11.8. The second-order valence-electron chi connectivity index (χ2n) is 6.73. The van der Waals surface area contributed by atoms with Gasteiger partial charge < -0.3 is 11.5 Å². The monoisotopic (exact) mass is 406 g/mol. The lowest BCUT2D eigenvalue weighted by molar-refractivity contribution is -0.143. The predicted molar refractivity (Wildman–Crippen MR) is 97.6 cm³/mol. The second-order valence-corrected chi connectivity index (χ2v) is 6.73. The molecule has 2 atom stereocenters. The number of nitrogens with two attached hydrogens (primary N) is 2. The van der Waals surface area contributed by atoms with Crippen LogP contribution >= 0.6 is 0 Å². The Bertz CT molecular complexity index is 792. The maximum Gasteiger partial charge on any atom is 0.416 e. The van der Waals surface area contributed by atoms with Gasteiger partial charge in [-0.1, -0.05) is 29.8 Å². The van der Waals surface area contributed by atoms with E-state index in [2.05, 4.69) is 32.0 Å². The Morgan fingerprint density at radius 1 is 0.714 bits per heavy atom. The molecule has 0 saturated carbocycles. The van der Waals surface area contributed by atoms with Gasteiger partial charge in [-0.2, -0.15) is 26.3 Å². The topological polar surface area (TPSA) is 52.0 Å². The molecule has 0 radical (unpaired) electrons. The molecular formula is C20H24F6N2. The van der Waals surface area contributed by atoms with Crippen LogP contribution in [0.2, 0.25) is 0 Å². The summed E-state index contributed by atoms with van der Waals surface area (Å²) in [5.74, 6) is 0. The van der Waals surface area contributed by atoms with E-state index in [1.54, 1.807) is 0 Å². The van der Waals surface area contributed by atoms with E-state index in [1.165, 1.54) is 23.6 Å². The van der Waals surface area contributed by atoms with E-state index in [4.69, 9.17) is 11.5 Å². The van der Waals surface area contributed by atoms with Gasteiger partial charge in [0.1, 0.15) is 0 Å². The summed E-state index contributed by atoms with van der Waals surface area (Å²) in [6, 6.07) is 6.97. The van der Waals surface area contributed by atoms with Crippen molar-refractivity contribution < 1.29 is 26.3 Å². The Morgan fingerprint density at radius 2 is 1.21 bits per heavy atom. The molecule has 2 nitrogen and oxygen atoms in total. The first-order chi connectivity index (χ1) is 12.6. The summed E-state index contributed by atoms with van der Waals surface area (Å²) in [6.45, 7) is 7.49. The number of aryl methyl sites for hydroxylation is 2. The van der Waals surface area contributed by atoms with E-state index >= 15 is 0 Å². The van der Waals surface area contributed by atoms with Gasteiger partial charge in [0.15, 0.2) is 0 Å². The highest BCUT2D eigenvalue weighted by molar-refractivity contribution is 5.37. The van der Waals surface area contributed by atoms with Crippen molar-refractivity contribution in [1.29, 1.82) is 0 Å². The molecule has 156 valence electrons. The van der Waals surface area contributed by atoms with Crippen LogP contribution in [0, 0.1) is 13.8 Å². The van der Waals surface area contributed by atoms with Crippen molar-refractivity contribution in [2.45, 2.75) is 52.1 Å². The van der Waals surface area contributed by atoms with E-state index in [0.29, 0.717) is 6.07 Å². The third-order valence-corrected chi connectivity index (χ3v) is 4.09. The fourth-order valence-corrected chi connectivity index (χ4v) is 2.71. The zero-order valence-corrected chi connectivity index (χ0v) is 16.0. The first kappa shape index (κ1) is 24.0. The Morgan fingerprint density at radius 3 is 1.61 bits per heavy atom. The largest absolute Gasteiger partial charge is 0.416 e. The predicted octanol–water partition coefficient (Wildman–Crippen LogP) is 6.07. The fourth-order valence-electron chi connectivity index (χ4n) is 2.71. The molecule has 8 heteroatoms. The smallest absolute Gasteiger partial charge is 0.324 e. The van der Waals surface area contributed by atoms with E-state index < -0.39 is 29.5 Å². The van der Waals surface area contributed by atoms with Crippen molar-refractivity contribution in [3.63, 3.8) is 0 Å². The van der Waals surface area contributed by atoms with Crippen molar-refractivity contribution in [2.75, 3.05) is 0 Å². The molecule has 0 aliphatic heterocycles. The van der Waals surface area contributed by atoms with Gasteiger partial charge in [-0.3, -0.25) is 0 Å². The molecule has 0 aliphatic rings. The number of alkyl halides is 6. The van der Waals surface area contributed by atoms with E-state index in [0.717, 1.165) is 6.07 Å². The Labute approximate surface area is 160 Å². The highest BCUT2D eigenvalue weighted by Gasteiger charge is 2.38. The van der Waals surface area contributed by atoms with Crippen molar-refractivity contribution >= 4 is 0 Å². The number of halogens is 6. The maximum atomic E-state index is 12.6. The minimum Gasteiger partial charge on any atom is -0.324 e. The molecule has 0 fully saturated rings. The standard InChI is InChI=1S/C10H9F6N.C10H15N/c1-5(17)7-3-2-6(9(11,12)13)4-8(7)10(14,15)16;1-7-4-5-10(9(3)11)8(2)6-7/h2-5H,17H2,1H3;4-6,9H,11H2,1-3H3. The van der Waals surface area contributed by atoms with Crippen molar-refractivity contribution in [3.05, 3.63) is 69.8 Å². The van der Waals surface area contributed by atoms with Gasteiger partial charge in [0, 0.05) is 12.1 Å². The molecule has 2 rings (SSSR count). The lowest BCUT2D eigenvalue weighted by atomic mass is 9.98. The fraction of sp³-hybridized carbons (Fsp3) is 0.400. The summed E-state index contributed by atoms with van der Waals surface area (Å²) < 4.78 is 74.5. The van der Waals surface area contributed by atoms with Crippen LogP contribution in [0.3, 0.4) is 0 Å². The SMILES string of the molecule is CC(N)c1ccc(C(F)(F)F)cc1C(F)(F)F.Cc1ccc(C(C)N)c(C)c1. The molecule has 2 aromatic carbocycles. The number of rotatable bonds is 2. The first-order valence-corrected chi connectivity index (χ1v) is 8.51. The lowest BCUT2D eigenvalue weighted by Crippen LogP contribution is -2.17. The molecule has 0 saturated heterocycles. The highest BCUT2D eigenvalue weighted by Crippen LogP contribution is 2.38. The average Bonchev–Trinajstić information content (AvgIpc) is 2.52. The van der Waals surface area contributed by atoms with Gasteiger partial charge in [-0.05, 0) is 56.5 Å². The van der Waals surface area contributed by atoms with E-state index in [9.17, 15) is 26.3 Å². The molecule has 0 aromatic heterocycles. The van der Waals surface area contributed by atoms with Gasteiger partial charge in [0.05, 0.1) is 11.1 Å². The van der Waals surface area contributed by atoms with Crippen molar-refractivity contribution in [1.82, 2.24) is 0 Å². The number of benzene rings is 2. The normalized spacial score (nSPS) is 14.1. The van der Waals surface area contributed by atoms with Crippen LogP contribution in [0.15, 0.2) is 36.4 Å². The van der Waals surface area contributed by atoms with Crippen LogP contribution in [0.5, 0.6) is 0 Å². The molecule has 0 spiro atoms. The van der Waals surface area contributed by atoms with Crippen molar-refractivity contribution in [3.8, 4) is 0 Å². The summed E-state index contributed by atoms with van der Waals surface area (Å²) in [5, 5.41) is 0. The molecule has 0 heterocycles. The third kappa shape index (κ3) is 6.53. The van der Waals surface area contributed by atoms with E-state index in [-0.39, 0.29) is 17.7 Å². The van der Waals surface area contributed by atoms with Gasteiger partial charge >= 0.3 is 12.4 Å². The van der Waals surface area contributed by atoms with Crippen LogP contribution in [0.25, 0.3) is 0 Å². The van der Waals surface area contributed by atoms with Crippen LogP contribution in [0.1, 0.15) is 59.3 Å². The molecule has 2 aromatic rings. The van der Waals surface area contributed by atoms with Crippen LogP contribution < -0.4 is 11.5 Å². The van der Waals surface area contributed by atoms with Crippen molar-refractivity contribution in [2.24, 2.45) is 11.5 Å². The highest BCUT2D eigenvalue weighted by atomic mass is 19.4. The molecule has 28 heavy (non-hydrogen) atoms. The molecule has 0 aliphatic carbocycles. The third-order valence-electron chi connectivity index (χ3n) is 4.09. The Kier molecular flexibility index (Phi) is 7.67. The summed E-state index contributed by atoms with van der Waals surface area (Å²) >= 11 is 0. The quantitative estimate of drug-likeness (QED) is 0.595. The zero-order valence-electron chi connectivity index (χ0n) is 16.0. The van der Waals surface area contributed by atoms with Gasteiger partial charge in [-0.25, -0.2) is 0 Å². The zero-order chi connectivity index (χ0) is 21.9. The lowest BCUT2D eigenvalue weighted by Gasteiger charge is -2.17. The minimum atomic E-state index is -4.86. The van der Waals surface area contributed by atoms with Gasteiger partial charge in [0.25, 0.3) is 0 Å². The Hall–Kier alpha value is -2.06. The molecule has 0 amide bonds. The molecule has 2 unspecified atom stereocenters. The van der Waals surface area contributed by atoms with Crippen LogP contribution in [-0.2, 0) is 12.4 Å². The minimum absolute atomic E-state index is 0.0820. The number of hydrogen-bond acceptors (Lipinski definition) is 2. The maximum absolute atomic E-state index is 12.6. The number of hydrogen-bond donors (Lipinski definition) is 2. The van der Waals surface area contributed by atoms with Crippen LogP contribution in [0.4, 0.5) is 26.3 Å². The second kappa shape index (κ2) is 8.96. The van der Waals surface area contributed by atoms with E-state index in [1.807, 2.05) is 6.92 Å². The average molecular weight is 406 g/mol. The molecule has 4 N–H and O–H groups in total. The van der Waals surface area contributed by atoms with Gasteiger partial charge in [0.2, 0.25) is 0 Å². The molecule has 0 bridgehead atoms. The van der Waals surface area contributed by atoms with Crippen LogP contribution in [-0.4, -0.2) is 0 Å². The molecular weight excluding hydrogens is 382 g/mol. The summed E-state index contributed by atoms with van der Waals surface area (Å²) in [7, 11) is 0. The Balaban J connectivity index is 0.000000307. The summed E-state index contributed by atoms with van der Waals surface area (Å²) in [6.07, 6.45) is -9.67.